The van der Waals surface area contributed by atoms with Gasteiger partial charge in [-0.15, -0.1) is 0 Å². The van der Waals surface area contributed by atoms with Gasteiger partial charge in [0.1, 0.15) is 0 Å². The van der Waals surface area contributed by atoms with Crippen molar-refractivity contribution < 1.29 is 23.9 Å². The van der Waals surface area contributed by atoms with Gasteiger partial charge in [0.2, 0.25) is 0 Å². The van der Waals surface area contributed by atoms with Crippen molar-refractivity contribution >= 4 is 11.9 Å². The van der Waals surface area contributed by atoms with E-state index in [0.717, 1.165) is 61.5 Å². The molecular weight excluding hydrogens is 452 g/mol. The van der Waals surface area contributed by atoms with Crippen molar-refractivity contribution in [3.05, 3.63) is 71.3 Å². The lowest BCUT2D eigenvalue weighted by molar-refractivity contribution is -0.916. The predicted molar refractivity (Wildman–Crippen MR) is 140 cm³/mol. The predicted octanol–water partition coefficient (Wildman–Crippen LogP) is 4.16. The van der Waals surface area contributed by atoms with E-state index in [-0.39, 0.29) is 17.8 Å². The molecule has 2 aromatic carbocycles. The zero-order valence-corrected chi connectivity index (χ0v) is 22.0. The Hall–Kier alpha value is -2.70. The highest BCUT2D eigenvalue weighted by Gasteiger charge is 2.49. The second kappa shape index (κ2) is 11.1. The Morgan fingerprint density at radius 3 is 2.17 bits per heavy atom. The summed E-state index contributed by atoms with van der Waals surface area (Å²) < 4.78 is 5.67. The number of methoxy groups -OCH3 is 1. The molecule has 194 valence electrons. The topological polar surface area (TPSA) is 66.8 Å². The minimum Gasteiger partial charge on any atom is -0.465 e. The quantitative estimate of drug-likeness (QED) is 0.443. The SMILES string of the molecule is COC(=O)c1ccc(CC[N+](C)(C)C2CCN(C(=O)[C@](O)(c3ccccc3)C3CCCC3)CC2)cc1. The number of quaternary nitrogens is 1. The normalized spacial score (nSPS) is 19.2. The van der Waals surface area contributed by atoms with E-state index in [1.807, 2.05) is 59.5 Å². The Balaban J connectivity index is 1.37. The maximum absolute atomic E-state index is 13.8. The number of amides is 1. The summed E-state index contributed by atoms with van der Waals surface area (Å²) in [5.41, 5.74) is 1.08. The fourth-order valence-electron chi connectivity index (χ4n) is 6.10. The van der Waals surface area contributed by atoms with Crippen molar-refractivity contribution in [3.8, 4) is 0 Å². The van der Waals surface area contributed by atoms with Gasteiger partial charge in [-0.25, -0.2) is 4.79 Å². The van der Waals surface area contributed by atoms with Crippen molar-refractivity contribution in [3.63, 3.8) is 0 Å². The van der Waals surface area contributed by atoms with E-state index in [1.165, 1.54) is 12.7 Å². The smallest absolute Gasteiger partial charge is 0.337 e. The Bertz CT molecular complexity index is 1020. The molecule has 2 fully saturated rings. The van der Waals surface area contributed by atoms with E-state index in [1.54, 1.807) is 0 Å². The Labute approximate surface area is 215 Å². The van der Waals surface area contributed by atoms with Crippen LogP contribution in [0.5, 0.6) is 0 Å². The fourth-order valence-corrected chi connectivity index (χ4v) is 6.10. The number of hydrogen-bond acceptors (Lipinski definition) is 4. The molecule has 0 bridgehead atoms. The number of likely N-dealkylation sites (tertiary alicyclic amines) is 1. The molecule has 1 amide bonds. The number of benzene rings is 2. The lowest BCUT2D eigenvalue weighted by Crippen LogP contribution is -2.58. The first-order valence-electron chi connectivity index (χ1n) is 13.3. The molecule has 2 aromatic rings. The molecule has 36 heavy (non-hydrogen) atoms. The molecule has 2 aliphatic rings. The molecule has 1 saturated heterocycles. The van der Waals surface area contributed by atoms with Crippen molar-refractivity contribution in [2.24, 2.45) is 5.92 Å². The second-order valence-electron chi connectivity index (χ2n) is 11.1. The largest absolute Gasteiger partial charge is 0.465 e. The summed E-state index contributed by atoms with van der Waals surface area (Å²) in [6.07, 6.45) is 6.73. The zero-order valence-electron chi connectivity index (χ0n) is 22.0. The third kappa shape index (κ3) is 5.50. The molecule has 0 unspecified atom stereocenters. The molecule has 6 nitrogen and oxygen atoms in total. The van der Waals surface area contributed by atoms with Crippen LogP contribution >= 0.6 is 0 Å². The lowest BCUT2D eigenvalue weighted by atomic mass is 9.78. The average Bonchev–Trinajstić information content (AvgIpc) is 3.47. The minimum absolute atomic E-state index is 0.0112. The molecule has 1 saturated carbocycles. The lowest BCUT2D eigenvalue weighted by Gasteiger charge is -2.45. The minimum atomic E-state index is -1.43. The van der Waals surface area contributed by atoms with Crippen LogP contribution in [-0.2, 0) is 21.6 Å². The summed E-state index contributed by atoms with van der Waals surface area (Å²) in [6, 6.07) is 17.7. The first-order chi connectivity index (χ1) is 17.3. The molecule has 0 spiro atoms. The number of ether oxygens (including phenoxy) is 1. The van der Waals surface area contributed by atoms with Crippen LogP contribution in [0.15, 0.2) is 54.6 Å². The van der Waals surface area contributed by atoms with Crippen molar-refractivity contribution in [2.45, 2.75) is 56.6 Å². The van der Waals surface area contributed by atoms with Gasteiger partial charge < -0.3 is 19.2 Å². The molecular formula is C30H41N2O4+. The molecule has 0 radical (unpaired) electrons. The molecule has 6 heteroatoms. The summed E-state index contributed by atoms with van der Waals surface area (Å²) in [5, 5.41) is 11.9. The molecule has 1 aliphatic carbocycles. The number of aliphatic hydroxyl groups is 1. The number of nitrogens with zero attached hydrogens (tertiary/aromatic N) is 2. The van der Waals surface area contributed by atoms with Crippen LogP contribution in [0.2, 0.25) is 0 Å². The molecule has 0 aromatic heterocycles. The van der Waals surface area contributed by atoms with Crippen LogP contribution in [0, 0.1) is 5.92 Å². The van der Waals surface area contributed by atoms with Gasteiger partial charge in [0.25, 0.3) is 5.91 Å². The first-order valence-corrected chi connectivity index (χ1v) is 13.3. The van der Waals surface area contributed by atoms with E-state index in [2.05, 4.69) is 14.1 Å². The first kappa shape index (κ1) is 26.4. The van der Waals surface area contributed by atoms with Crippen molar-refractivity contribution in [1.29, 1.82) is 0 Å². The Morgan fingerprint density at radius 2 is 1.58 bits per heavy atom. The Kier molecular flexibility index (Phi) is 8.16. The molecule has 1 N–H and O–H groups in total. The van der Waals surface area contributed by atoms with Gasteiger partial charge in [-0.3, -0.25) is 4.79 Å². The molecule has 1 atom stereocenters. The van der Waals surface area contributed by atoms with Crippen LogP contribution < -0.4 is 0 Å². The molecule has 4 rings (SSSR count). The Morgan fingerprint density at radius 1 is 0.972 bits per heavy atom. The summed E-state index contributed by atoms with van der Waals surface area (Å²) in [5.74, 6) is -0.441. The number of rotatable bonds is 8. The molecule has 1 heterocycles. The average molecular weight is 494 g/mol. The maximum atomic E-state index is 13.8. The maximum Gasteiger partial charge on any atom is 0.337 e. The number of hydrogen-bond donors (Lipinski definition) is 1. The van der Waals surface area contributed by atoms with Gasteiger partial charge in [-0.05, 0) is 36.1 Å². The van der Waals surface area contributed by atoms with Crippen LogP contribution in [0.1, 0.15) is 60.0 Å². The summed E-state index contributed by atoms with van der Waals surface area (Å²) >= 11 is 0. The van der Waals surface area contributed by atoms with Crippen LogP contribution in [-0.4, -0.2) is 73.2 Å². The van der Waals surface area contributed by atoms with E-state index in [0.29, 0.717) is 24.7 Å². The summed E-state index contributed by atoms with van der Waals surface area (Å²) in [7, 11) is 5.93. The highest BCUT2D eigenvalue weighted by Crippen LogP contribution is 2.42. The van der Waals surface area contributed by atoms with E-state index in [4.69, 9.17) is 4.74 Å². The zero-order chi connectivity index (χ0) is 25.8. The fraction of sp³-hybridized carbons (Fsp3) is 0.533. The number of esters is 1. The van der Waals surface area contributed by atoms with Crippen LogP contribution in [0.4, 0.5) is 0 Å². The third-order valence-electron chi connectivity index (χ3n) is 8.58. The van der Waals surface area contributed by atoms with Gasteiger partial charge in [0.15, 0.2) is 5.60 Å². The highest BCUT2D eigenvalue weighted by molar-refractivity contribution is 5.89. The van der Waals surface area contributed by atoms with Gasteiger partial charge in [-0.2, -0.15) is 0 Å². The van der Waals surface area contributed by atoms with E-state index >= 15 is 0 Å². The van der Waals surface area contributed by atoms with E-state index < -0.39 is 5.60 Å². The third-order valence-corrected chi connectivity index (χ3v) is 8.58. The highest BCUT2D eigenvalue weighted by atomic mass is 16.5. The van der Waals surface area contributed by atoms with Gasteiger partial charge in [0, 0.05) is 38.3 Å². The van der Waals surface area contributed by atoms with Gasteiger partial charge >= 0.3 is 5.97 Å². The van der Waals surface area contributed by atoms with Gasteiger partial charge in [0.05, 0.1) is 39.4 Å². The second-order valence-corrected chi connectivity index (χ2v) is 11.1. The number of piperidine rings is 1. The number of likely N-dealkylation sites (N-methyl/N-ethyl adjacent to an activating group) is 1. The van der Waals surface area contributed by atoms with Crippen molar-refractivity contribution in [1.82, 2.24) is 4.90 Å². The summed E-state index contributed by atoms with van der Waals surface area (Å²) in [6.45, 7) is 2.34. The molecule has 1 aliphatic heterocycles. The number of carbonyl (C=O) groups excluding carboxylic acids is 2. The van der Waals surface area contributed by atoms with E-state index in [9.17, 15) is 14.7 Å². The monoisotopic (exact) mass is 493 g/mol. The standard InChI is InChI=1S/C30H41N2O4/c1-32(2,22-19-23-13-15-24(16-14-23)28(33)36-3)27-17-20-31(21-18-27)29(34)30(35,26-11-7-8-12-26)25-9-5-4-6-10-25/h4-6,9-10,13-16,26-27,35H,7-8,11-12,17-22H2,1-3H3/q+1/t30-/m0/s1. The van der Waals surface area contributed by atoms with Gasteiger partial charge in [-0.1, -0.05) is 55.3 Å². The van der Waals surface area contributed by atoms with Crippen LogP contribution in [0.25, 0.3) is 0 Å². The van der Waals surface area contributed by atoms with Crippen LogP contribution in [0.3, 0.4) is 0 Å². The number of carbonyl (C=O) groups is 2. The van der Waals surface area contributed by atoms with Crippen molar-refractivity contribution in [2.75, 3.05) is 40.8 Å². The summed E-state index contributed by atoms with van der Waals surface area (Å²) in [4.78, 5) is 27.4.